The first-order valence-electron chi connectivity index (χ1n) is 7.26. The van der Waals surface area contributed by atoms with E-state index in [-0.39, 0.29) is 18.1 Å². The highest BCUT2D eigenvalue weighted by atomic mass is 19.1. The molecule has 0 spiro atoms. The summed E-state index contributed by atoms with van der Waals surface area (Å²) in [6.07, 6.45) is 1.28. The topological polar surface area (TPSA) is 85.1 Å². The third-order valence-corrected chi connectivity index (χ3v) is 3.93. The van der Waals surface area contributed by atoms with Gasteiger partial charge in [-0.25, -0.2) is 18.2 Å². The minimum atomic E-state index is -0.908. The van der Waals surface area contributed by atoms with Gasteiger partial charge < -0.3 is 5.32 Å². The van der Waals surface area contributed by atoms with Crippen LogP contribution in [0.1, 0.15) is 0 Å². The van der Waals surface area contributed by atoms with Gasteiger partial charge in [-0.05, 0) is 17.1 Å². The van der Waals surface area contributed by atoms with E-state index >= 15 is 0 Å². The van der Waals surface area contributed by atoms with Crippen molar-refractivity contribution in [2.24, 2.45) is 4.99 Å². The van der Waals surface area contributed by atoms with Crippen LogP contribution in [-0.4, -0.2) is 71.1 Å². The number of amidine groups is 1. The first-order chi connectivity index (χ1) is 11.8. The summed E-state index contributed by atoms with van der Waals surface area (Å²) in [7, 11) is 2.81. The number of hydrogen-bond donors (Lipinski definition) is 1. The normalized spacial score (nSPS) is 19.6. The maximum atomic E-state index is 13.6. The molecule has 4 amide bonds. The number of amides is 4. The molecule has 2 heterocycles. The number of nitrogens with zero attached hydrogens (tertiary/aromatic N) is 4. The van der Waals surface area contributed by atoms with E-state index in [2.05, 4.69) is 10.3 Å². The summed E-state index contributed by atoms with van der Waals surface area (Å²) in [6.45, 7) is -0.296. The molecule has 0 radical (unpaired) electrons. The highest BCUT2D eigenvalue weighted by Crippen LogP contribution is 2.18. The Kier molecular flexibility index (Phi) is 4.03. The quantitative estimate of drug-likeness (QED) is 0.793. The summed E-state index contributed by atoms with van der Waals surface area (Å²) in [5.74, 6) is -2.59. The van der Waals surface area contributed by atoms with Gasteiger partial charge in [0.05, 0.1) is 5.69 Å². The zero-order valence-corrected chi connectivity index (χ0v) is 13.4. The van der Waals surface area contributed by atoms with Crippen molar-refractivity contribution in [1.29, 1.82) is 0 Å². The van der Waals surface area contributed by atoms with Gasteiger partial charge in [-0.15, -0.1) is 0 Å². The predicted molar refractivity (Wildman–Crippen MR) is 83.3 cm³/mol. The van der Waals surface area contributed by atoms with Gasteiger partial charge in [-0.1, -0.05) is 0 Å². The number of carbonyl (C=O) groups excluding carboxylic acids is 3. The third kappa shape index (κ3) is 2.86. The first-order valence-corrected chi connectivity index (χ1v) is 7.26. The Bertz CT molecular complexity index is 852. The number of likely N-dealkylation sites (N-methyl/N-ethyl adjacent to an activating group) is 2. The number of nitrogens with one attached hydrogen (secondary N) is 1. The van der Waals surface area contributed by atoms with Gasteiger partial charge in [0, 0.05) is 20.2 Å². The fraction of sp³-hybridized carbons (Fsp3) is 0.267. The average molecular weight is 350 g/mol. The van der Waals surface area contributed by atoms with Gasteiger partial charge in [0.25, 0.3) is 30.0 Å². The maximum absolute atomic E-state index is 13.6. The van der Waals surface area contributed by atoms with Gasteiger partial charge in [-0.2, -0.15) is 0 Å². The summed E-state index contributed by atoms with van der Waals surface area (Å²) in [6, 6.07) is 1.34. The van der Waals surface area contributed by atoms with E-state index in [0.717, 1.165) is 17.0 Å². The maximum Gasteiger partial charge on any atom is 0.333 e. The van der Waals surface area contributed by atoms with E-state index in [4.69, 9.17) is 0 Å². The molecule has 1 atom stereocenters. The lowest BCUT2D eigenvalue weighted by Gasteiger charge is -2.30. The lowest BCUT2D eigenvalue weighted by molar-refractivity contribution is -0.519. The molecule has 8 nitrogen and oxygen atoms in total. The molecule has 0 bridgehead atoms. The number of carbonyl (C=O) groups is 3. The molecule has 2 aliphatic rings. The van der Waals surface area contributed by atoms with Crippen LogP contribution in [0.2, 0.25) is 0 Å². The van der Waals surface area contributed by atoms with Crippen molar-refractivity contribution in [2.75, 3.05) is 26.0 Å². The zero-order valence-electron chi connectivity index (χ0n) is 13.4. The number of hydrogen-bond acceptors (Lipinski definition) is 4. The second-order valence-corrected chi connectivity index (χ2v) is 5.59. The van der Waals surface area contributed by atoms with Crippen LogP contribution in [-0.2, 0) is 9.59 Å². The molecule has 25 heavy (non-hydrogen) atoms. The van der Waals surface area contributed by atoms with Crippen LogP contribution >= 0.6 is 0 Å². The molecule has 1 aromatic carbocycles. The Morgan fingerprint density at radius 3 is 2.68 bits per heavy atom. The van der Waals surface area contributed by atoms with Crippen molar-refractivity contribution < 1.29 is 27.7 Å². The molecule has 0 aromatic heterocycles. The van der Waals surface area contributed by atoms with Crippen LogP contribution in [0, 0.1) is 11.6 Å². The van der Waals surface area contributed by atoms with E-state index in [9.17, 15) is 23.2 Å². The molecule has 1 unspecified atom stereocenters. The molecule has 130 valence electrons. The molecular formula is C15H14F2N5O3+. The highest BCUT2D eigenvalue weighted by molar-refractivity contribution is 6.21. The minimum absolute atomic E-state index is 0.175. The van der Waals surface area contributed by atoms with Crippen molar-refractivity contribution in [1.82, 2.24) is 9.80 Å². The SMILES string of the molecule is CN1C(=O)C2C(=NC=[N+]2CC(=O)Nc2ccc(F)cc2F)N(C)C1=O. The molecule has 1 fully saturated rings. The molecule has 1 N–H and O–H groups in total. The third-order valence-electron chi connectivity index (χ3n) is 3.93. The van der Waals surface area contributed by atoms with E-state index in [0.29, 0.717) is 6.07 Å². The molecule has 1 saturated heterocycles. The molecular weight excluding hydrogens is 336 g/mol. The van der Waals surface area contributed by atoms with Gasteiger partial charge in [0.2, 0.25) is 0 Å². The van der Waals surface area contributed by atoms with Crippen molar-refractivity contribution in [3.8, 4) is 0 Å². The van der Waals surface area contributed by atoms with Gasteiger partial charge in [-0.3, -0.25) is 19.4 Å². The number of fused-ring (bicyclic) bond motifs is 1. The number of anilines is 1. The van der Waals surface area contributed by atoms with Crippen molar-refractivity contribution in [2.45, 2.75) is 6.04 Å². The number of urea groups is 1. The van der Waals surface area contributed by atoms with E-state index < -0.39 is 35.5 Å². The number of rotatable bonds is 3. The second kappa shape index (κ2) is 6.04. The van der Waals surface area contributed by atoms with Gasteiger partial charge >= 0.3 is 6.03 Å². The van der Waals surface area contributed by atoms with Crippen molar-refractivity contribution in [3.63, 3.8) is 0 Å². The van der Waals surface area contributed by atoms with Crippen LogP contribution in [0.5, 0.6) is 0 Å². The Hall–Kier alpha value is -3.17. The smallest absolute Gasteiger partial charge is 0.320 e. The number of imide groups is 1. The lowest BCUT2D eigenvalue weighted by atomic mass is 10.1. The van der Waals surface area contributed by atoms with E-state index in [1.54, 1.807) is 0 Å². The summed E-state index contributed by atoms with van der Waals surface area (Å²) < 4.78 is 27.8. The van der Waals surface area contributed by atoms with Crippen LogP contribution in [0.3, 0.4) is 0 Å². The van der Waals surface area contributed by atoms with Gasteiger partial charge in [0.1, 0.15) is 11.6 Å². The standard InChI is InChI=1S/C15H13F2N5O3/c1-20-13-12(14(24)21(2)15(20)25)22(7-18-13)6-11(23)19-10-4-3-8(16)5-9(10)17/h3-5,7,12H,6H2,1-2H3/p+1. The Labute approximate surface area is 141 Å². The molecule has 0 aliphatic carbocycles. The van der Waals surface area contributed by atoms with E-state index in [1.165, 1.54) is 29.9 Å². The van der Waals surface area contributed by atoms with Crippen LogP contribution in [0.4, 0.5) is 19.3 Å². The number of benzene rings is 1. The largest absolute Gasteiger partial charge is 0.333 e. The summed E-state index contributed by atoms with van der Waals surface area (Å²) in [5.41, 5.74) is -0.175. The van der Waals surface area contributed by atoms with Crippen LogP contribution in [0.25, 0.3) is 0 Å². The second-order valence-electron chi connectivity index (χ2n) is 5.59. The molecule has 0 saturated carbocycles. The Morgan fingerprint density at radius 1 is 1.28 bits per heavy atom. The lowest BCUT2D eigenvalue weighted by Crippen LogP contribution is -2.61. The number of aliphatic imine (C=N–C) groups is 1. The monoisotopic (exact) mass is 350 g/mol. The molecule has 1 aromatic rings. The van der Waals surface area contributed by atoms with Crippen molar-refractivity contribution >= 4 is 35.7 Å². The van der Waals surface area contributed by atoms with Gasteiger partial charge in [0.15, 0.2) is 6.54 Å². The van der Waals surface area contributed by atoms with Crippen molar-refractivity contribution in [3.05, 3.63) is 29.8 Å². The molecule has 3 rings (SSSR count). The first kappa shape index (κ1) is 16.7. The summed E-state index contributed by atoms with van der Waals surface area (Å²) in [5, 5.41) is 2.31. The fourth-order valence-corrected chi connectivity index (χ4v) is 2.62. The Morgan fingerprint density at radius 2 is 2.00 bits per heavy atom. The zero-order chi connectivity index (χ0) is 18.3. The summed E-state index contributed by atoms with van der Waals surface area (Å²) >= 11 is 0. The average Bonchev–Trinajstić information content (AvgIpc) is 2.97. The predicted octanol–water partition coefficient (Wildman–Crippen LogP) is 0.249. The summed E-state index contributed by atoms with van der Waals surface area (Å²) in [4.78, 5) is 42.5. The molecule has 2 aliphatic heterocycles. The highest BCUT2D eigenvalue weighted by Gasteiger charge is 2.50. The van der Waals surface area contributed by atoms with E-state index in [1.807, 2.05) is 0 Å². The Balaban J connectivity index is 1.73. The minimum Gasteiger partial charge on any atom is -0.320 e. The number of halogens is 2. The van der Waals surface area contributed by atoms with Crippen LogP contribution < -0.4 is 5.32 Å². The fourth-order valence-electron chi connectivity index (χ4n) is 2.62. The van der Waals surface area contributed by atoms with Crippen LogP contribution in [0.15, 0.2) is 23.2 Å². The molecule has 10 heteroatoms.